The maximum Gasteiger partial charge on any atom is 0.252 e. The Hall–Kier alpha value is -1.70. The van der Waals surface area contributed by atoms with E-state index in [-0.39, 0.29) is 6.61 Å². The first-order chi connectivity index (χ1) is 8.44. The predicted octanol–water partition coefficient (Wildman–Crippen LogP) is 0.843. The van der Waals surface area contributed by atoms with E-state index in [1.165, 1.54) is 6.92 Å². The molecule has 0 saturated heterocycles. The van der Waals surface area contributed by atoms with Gasteiger partial charge in [0.1, 0.15) is 0 Å². The summed E-state index contributed by atoms with van der Waals surface area (Å²) in [5.74, 6) is 0.295. The van der Waals surface area contributed by atoms with Crippen molar-refractivity contribution in [2.45, 2.75) is 6.92 Å². The Morgan fingerprint density at radius 3 is 2.50 bits per heavy atom. The van der Waals surface area contributed by atoms with Gasteiger partial charge in [0.2, 0.25) is 10.4 Å². The maximum absolute atomic E-state index is 9.45. The van der Waals surface area contributed by atoms with Crippen LogP contribution in [0.25, 0.3) is 10.9 Å². The Labute approximate surface area is 105 Å². The normalized spacial score (nSPS) is 10.8. The van der Waals surface area contributed by atoms with E-state index >= 15 is 0 Å². The number of aromatic hydroxyl groups is 1. The number of para-hydroxylation sites is 1. The van der Waals surface area contributed by atoms with E-state index in [1.807, 2.05) is 24.3 Å². The summed E-state index contributed by atoms with van der Waals surface area (Å²) in [5, 5.41) is 10.4. The number of hydrogen-bond acceptors (Lipinski definition) is 5. The van der Waals surface area contributed by atoms with Crippen molar-refractivity contribution < 1.29 is 27.2 Å². The van der Waals surface area contributed by atoms with E-state index in [2.05, 4.69) is 9.17 Å². The summed E-state index contributed by atoms with van der Waals surface area (Å²) >= 11 is 0. The fourth-order valence-corrected chi connectivity index (χ4v) is 1.57. The molecule has 0 spiro atoms. The Morgan fingerprint density at radius 2 is 2.00 bits per heavy atom. The predicted molar refractivity (Wildman–Crippen MR) is 63.5 cm³/mol. The van der Waals surface area contributed by atoms with E-state index in [0.717, 1.165) is 10.9 Å². The van der Waals surface area contributed by atoms with E-state index in [0.29, 0.717) is 5.75 Å². The topological polar surface area (TPSA) is 101 Å². The number of phenols is 1. The van der Waals surface area contributed by atoms with Crippen LogP contribution >= 0.6 is 0 Å². The molecule has 0 saturated carbocycles. The summed E-state index contributed by atoms with van der Waals surface area (Å²) in [6, 6.07) is 9.29. The number of nitrogens with one attached hydrogen (secondary N) is 1. The van der Waals surface area contributed by atoms with Gasteiger partial charge in [-0.15, -0.1) is 0 Å². The molecule has 7 heteroatoms. The van der Waals surface area contributed by atoms with Crippen LogP contribution in [0.3, 0.4) is 0 Å². The van der Waals surface area contributed by atoms with Crippen LogP contribution in [0, 0.1) is 0 Å². The molecular weight excluding hydrogens is 258 g/mol. The van der Waals surface area contributed by atoms with Gasteiger partial charge in [0.25, 0.3) is 5.52 Å². The highest BCUT2D eigenvalue weighted by Gasteiger charge is 2.02. The van der Waals surface area contributed by atoms with Gasteiger partial charge in [0, 0.05) is 6.07 Å². The first kappa shape index (κ1) is 14.4. The zero-order chi connectivity index (χ0) is 13.6. The lowest BCUT2D eigenvalue weighted by molar-refractivity contribution is -0.345. The first-order valence-corrected chi connectivity index (χ1v) is 6.46. The number of aromatic nitrogens is 1. The van der Waals surface area contributed by atoms with Crippen molar-refractivity contribution >= 4 is 21.3 Å². The van der Waals surface area contributed by atoms with Gasteiger partial charge >= 0.3 is 0 Å². The number of H-pyrrole nitrogens is 1. The summed E-state index contributed by atoms with van der Waals surface area (Å²) in [7, 11) is -4.42. The monoisotopic (exact) mass is 271 g/mol. The van der Waals surface area contributed by atoms with Crippen LogP contribution in [0.5, 0.6) is 5.75 Å². The van der Waals surface area contributed by atoms with Gasteiger partial charge in [-0.1, -0.05) is 6.07 Å². The quantitative estimate of drug-likeness (QED) is 0.644. The molecule has 0 amide bonds. The number of phenolic OH excluding ortho intramolecular Hbond substituents is 1. The lowest BCUT2D eigenvalue weighted by Crippen LogP contribution is -2.02. The molecular formula is C11H13NO5S. The fraction of sp³-hybridized carbons (Fsp3) is 0.182. The number of hydrogen-bond donors (Lipinski definition) is 1. The highest BCUT2D eigenvalue weighted by atomic mass is 32.3. The number of rotatable bonds is 2. The lowest BCUT2D eigenvalue weighted by Gasteiger charge is -2.02. The number of aromatic amines is 1. The molecule has 2 N–H and O–H groups in total. The minimum Gasteiger partial charge on any atom is -0.726 e. The zero-order valence-electron chi connectivity index (χ0n) is 9.66. The van der Waals surface area contributed by atoms with Gasteiger partial charge < -0.3 is 9.66 Å². The summed E-state index contributed by atoms with van der Waals surface area (Å²) in [4.78, 5) is 2.97. The van der Waals surface area contributed by atoms with Gasteiger partial charge in [0.05, 0.1) is 12.0 Å². The van der Waals surface area contributed by atoms with E-state index in [1.54, 1.807) is 12.3 Å². The van der Waals surface area contributed by atoms with Crippen LogP contribution in [0.1, 0.15) is 6.92 Å². The minimum atomic E-state index is -4.42. The molecule has 0 aliphatic rings. The Kier molecular flexibility index (Phi) is 5.02. The molecule has 2 aromatic rings. The molecule has 0 radical (unpaired) electrons. The third-order valence-electron chi connectivity index (χ3n) is 1.94. The van der Waals surface area contributed by atoms with Crippen molar-refractivity contribution in [1.82, 2.24) is 0 Å². The van der Waals surface area contributed by atoms with Gasteiger partial charge in [-0.3, -0.25) is 4.18 Å². The summed E-state index contributed by atoms with van der Waals surface area (Å²) in [6.45, 7) is 1.33. The van der Waals surface area contributed by atoms with Crippen LogP contribution in [0.15, 0.2) is 36.5 Å². The Bertz CT molecular complexity index is 606. The lowest BCUT2D eigenvalue weighted by atomic mass is 10.2. The van der Waals surface area contributed by atoms with Crippen LogP contribution in [0.2, 0.25) is 0 Å². The van der Waals surface area contributed by atoms with Crippen molar-refractivity contribution in [2.24, 2.45) is 0 Å². The molecule has 2 rings (SSSR count). The molecule has 0 unspecified atom stereocenters. The number of benzene rings is 1. The summed E-state index contributed by atoms with van der Waals surface area (Å²) in [6.07, 6.45) is 1.79. The van der Waals surface area contributed by atoms with E-state index < -0.39 is 10.4 Å². The average molecular weight is 271 g/mol. The summed E-state index contributed by atoms with van der Waals surface area (Å²) < 4.78 is 32.0. The van der Waals surface area contributed by atoms with Gasteiger partial charge in [-0.2, -0.15) is 0 Å². The average Bonchev–Trinajstić information content (AvgIpc) is 2.29. The van der Waals surface area contributed by atoms with Crippen molar-refractivity contribution in [3.05, 3.63) is 36.5 Å². The van der Waals surface area contributed by atoms with E-state index in [9.17, 15) is 18.1 Å². The third-order valence-corrected chi connectivity index (χ3v) is 2.46. The SMILES string of the molecule is CCOS(=O)(=O)[O-].Oc1cccc2ccc[nH+]c12. The van der Waals surface area contributed by atoms with Crippen molar-refractivity contribution in [2.75, 3.05) is 6.61 Å². The first-order valence-electron chi connectivity index (χ1n) is 5.12. The largest absolute Gasteiger partial charge is 0.726 e. The van der Waals surface area contributed by atoms with Crippen molar-refractivity contribution in [1.29, 1.82) is 0 Å². The van der Waals surface area contributed by atoms with Crippen LogP contribution in [0.4, 0.5) is 0 Å². The number of fused-ring (bicyclic) bond motifs is 1. The molecule has 0 fully saturated rings. The van der Waals surface area contributed by atoms with Crippen LogP contribution in [-0.4, -0.2) is 24.7 Å². The van der Waals surface area contributed by atoms with Crippen LogP contribution < -0.4 is 4.98 Å². The molecule has 98 valence electrons. The Balaban J connectivity index is 0.000000203. The van der Waals surface area contributed by atoms with Crippen LogP contribution in [-0.2, 0) is 14.6 Å². The molecule has 1 aromatic heterocycles. The Morgan fingerprint density at radius 1 is 1.33 bits per heavy atom. The highest BCUT2D eigenvalue weighted by molar-refractivity contribution is 7.80. The molecule has 0 bridgehead atoms. The van der Waals surface area contributed by atoms with E-state index in [4.69, 9.17) is 0 Å². The third kappa shape index (κ3) is 4.66. The van der Waals surface area contributed by atoms with Crippen molar-refractivity contribution in [3.8, 4) is 5.75 Å². The van der Waals surface area contributed by atoms with Gasteiger partial charge in [-0.05, 0) is 25.1 Å². The second-order valence-corrected chi connectivity index (χ2v) is 4.28. The van der Waals surface area contributed by atoms with Gasteiger partial charge in [0.15, 0.2) is 11.9 Å². The molecule has 6 nitrogen and oxygen atoms in total. The minimum absolute atomic E-state index is 0.0914. The molecule has 1 aromatic carbocycles. The fourth-order valence-electron chi connectivity index (χ4n) is 1.28. The second-order valence-electron chi connectivity index (χ2n) is 3.23. The molecule has 0 aliphatic heterocycles. The standard InChI is InChI=1S/C9H7NO.C2H6O4S/c11-8-5-1-3-7-4-2-6-10-9(7)8;1-2-6-7(3,4)5/h1-6,11H;2H2,1H3,(H,3,4,5). The molecule has 1 heterocycles. The number of pyridine rings is 1. The second kappa shape index (κ2) is 6.29. The highest BCUT2D eigenvalue weighted by Crippen LogP contribution is 2.18. The molecule has 0 aliphatic carbocycles. The summed E-state index contributed by atoms with van der Waals surface area (Å²) in [5.41, 5.74) is 0.787. The van der Waals surface area contributed by atoms with Gasteiger partial charge in [-0.25, -0.2) is 13.4 Å². The zero-order valence-corrected chi connectivity index (χ0v) is 10.5. The van der Waals surface area contributed by atoms with Crippen molar-refractivity contribution in [3.63, 3.8) is 0 Å². The molecule has 0 atom stereocenters. The molecule has 18 heavy (non-hydrogen) atoms. The maximum atomic E-state index is 9.45. The smallest absolute Gasteiger partial charge is 0.252 e.